The number of hydrogen-bond donors (Lipinski definition) is 2. The second-order valence-electron chi connectivity index (χ2n) is 13.5. The Hall–Kier alpha value is -5.04. The number of rotatable bonds is 9. The smallest absolute Gasteiger partial charge is 0.319 e. The van der Waals surface area contributed by atoms with Gasteiger partial charge in [-0.1, -0.05) is 28.9 Å². The highest BCUT2D eigenvalue weighted by Gasteiger charge is 2.49. The lowest BCUT2D eigenvalue weighted by atomic mass is 9.91. The second kappa shape index (κ2) is 13.7. The number of oxime groups is 1. The molecule has 8 rings (SSSR count). The van der Waals surface area contributed by atoms with Crippen LogP contribution in [0, 0.1) is 28.9 Å². The number of nitriles is 1. The molecule has 3 aliphatic heterocycles. The van der Waals surface area contributed by atoms with Crippen LogP contribution in [0.4, 0.5) is 25.4 Å². The van der Waals surface area contributed by atoms with Gasteiger partial charge in [0.2, 0.25) is 0 Å². The molecule has 12 nitrogen and oxygen atoms in total. The number of hydrogen-bond acceptors (Lipinski definition) is 13. The van der Waals surface area contributed by atoms with Crippen molar-refractivity contribution in [2.75, 3.05) is 55.8 Å². The van der Waals surface area contributed by atoms with Gasteiger partial charge in [-0.15, -0.1) is 11.3 Å². The first-order valence-electron chi connectivity index (χ1n) is 17.4. The van der Waals surface area contributed by atoms with Crippen molar-refractivity contribution in [3.63, 3.8) is 0 Å². The predicted molar refractivity (Wildman–Crippen MR) is 202 cm³/mol. The zero-order valence-corrected chi connectivity index (χ0v) is 30.6. The van der Waals surface area contributed by atoms with Crippen molar-refractivity contribution in [3.05, 3.63) is 58.2 Å². The van der Waals surface area contributed by atoms with E-state index in [1.165, 1.54) is 12.1 Å². The third-order valence-corrected chi connectivity index (χ3v) is 12.0. The standard InChI is InChI=1S/C37H36ClF2N9O3S/c1-3-52-45-16-20-14-37(9-5-11-48(37)17-20)18-51-36-46-30-27-31(50-13-12-49(35(27)47-36)19(2)21-6-4-10-44-33(21)42)28(38)26(29(30)40)22-7-8-24(39)32-25(22)23(15-41)34(43)53-32/h4,6-8,10,16,19-20H,3,5,9,11-14,17-18,43H2,1-2H3,(H2,42,44)/b45-16+/t19-,20-,37+/m1/s1. The van der Waals surface area contributed by atoms with Crippen molar-refractivity contribution >= 4 is 66.8 Å². The van der Waals surface area contributed by atoms with Gasteiger partial charge in [-0.3, -0.25) is 4.90 Å². The Morgan fingerprint density at radius 3 is 2.89 bits per heavy atom. The maximum absolute atomic E-state index is 17.4. The number of anilines is 3. The molecule has 0 bridgehead atoms. The summed E-state index contributed by atoms with van der Waals surface area (Å²) in [5, 5.41) is 14.6. The van der Waals surface area contributed by atoms with Crippen LogP contribution in [-0.4, -0.2) is 71.1 Å². The van der Waals surface area contributed by atoms with Gasteiger partial charge in [0.1, 0.15) is 53.9 Å². The molecule has 4 N–H and O–H groups in total. The molecule has 0 amide bonds. The van der Waals surface area contributed by atoms with E-state index in [-0.39, 0.29) is 90.2 Å². The van der Waals surface area contributed by atoms with Crippen LogP contribution in [0.3, 0.4) is 0 Å². The molecule has 0 radical (unpaired) electrons. The van der Waals surface area contributed by atoms with Gasteiger partial charge in [-0.05, 0) is 57.4 Å². The van der Waals surface area contributed by atoms with Crippen LogP contribution >= 0.6 is 22.9 Å². The van der Waals surface area contributed by atoms with E-state index in [4.69, 9.17) is 47.3 Å². The van der Waals surface area contributed by atoms with E-state index in [9.17, 15) is 5.26 Å². The van der Waals surface area contributed by atoms with Crippen molar-refractivity contribution in [1.82, 2.24) is 19.9 Å². The van der Waals surface area contributed by atoms with E-state index >= 15 is 8.78 Å². The Kier molecular flexibility index (Phi) is 9.08. The van der Waals surface area contributed by atoms with E-state index in [1.54, 1.807) is 12.3 Å². The zero-order valence-electron chi connectivity index (χ0n) is 29.0. The average Bonchev–Trinajstić information content (AvgIpc) is 3.76. The molecule has 2 fully saturated rings. The Morgan fingerprint density at radius 2 is 2.09 bits per heavy atom. The third-order valence-electron chi connectivity index (χ3n) is 10.6. The van der Waals surface area contributed by atoms with Gasteiger partial charge in [-0.2, -0.15) is 15.2 Å². The summed E-state index contributed by atoms with van der Waals surface area (Å²) in [6, 6.07) is 7.92. The lowest BCUT2D eigenvalue weighted by molar-refractivity contribution is 0.107. The molecule has 0 unspecified atom stereocenters. The molecule has 3 aliphatic rings. The van der Waals surface area contributed by atoms with Crippen molar-refractivity contribution in [1.29, 1.82) is 5.26 Å². The maximum Gasteiger partial charge on any atom is 0.319 e. The summed E-state index contributed by atoms with van der Waals surface area (Å²) in [6.07, 6.45) is 6.21. The Bertz CT molecular complexity index is 2340. The van der Waals surface area contributed by atoms with E-state index in [0.29, 0.717) is 24.8 Å². The zero-order chi connectivity index (χ0) is 37.0. The fourth-order valence-corrected chi connectivity index (χ4v) is 9.42. The van der Waals surface area contributed by atoms with Gasteiger partial charge in [0.25, 0.3) is 0 Å². The molecule has 53 heavy (non-hydrogen) atoms. The Morgan fingerprint density at radius 1 is 1.25 bits per heavy atom. The highest BCUT2D eigenvalue weighted by Crippen LogP contribution is 2.51. The minimum absolute atomic E-state index is 0.0294. The SMILES string of the molecule is CCO/N=C/[C@@H]1CN2CCC[C@@]2(COc2nc3c4c(c(Cl)c(-c5ccc(F)c6sc(N)c(C#N)c56)c(F)c4n2)OCCN3[C@H](C)c2cccnc2N)C1. The molecule has 3 aromatic heterocycles. The van der Waals surface area contributed by atoms with E-state index in [1.807, 2.05) is 31.0 Å². The molecular weight excluding hydrogens is 724 g/mol. The number of fused-ring (bicyclic) bond motifs is 2. The summed E-state index contributed by atoms with van der Waals surface area (Å²) in [6.45, 7) is 6.82. The number of thiophene rings is 1. The van der Waals surface area contributed by atoms with E-state index in [0.717, 1.165) is 49.3 Å². The van der Waals surface area contributed by atoms with Gasteiger partial charge < -0.3 is 30.7 Å². The van der Waals surface area contributed by atoms with Crippen LogP contribution in [0.1, 0.15) is 50.3 Å². The largest absolute Gasteiger partial charge is 0.489 e. The average molecular weight is 760 g/mol. The monoisotopic (exact) mass is 759 g/mol. The number of pyridine rings is 1. The number of aromatic nitrogens is 3. The quantitative estimate of drug-likeness (QED) is 0.117. The summed E-state index contributed by atoms with van der Waals surface area (Å²) < 4.78 is 45.4. The van der Waals surface area contributed by atoms with Crippen molar-refractivity contribution in [2.24, 2.45) is 11.1 Å². The summed E-state index contributed by atoms with van der Waals surface area (Å²) >= 11 is 8.01. The first kappa shape index (κ1) is 35.0. The normalized spacial score (nSPS) is 20.5. The summed E-state index contributed by atoms with van der Waals surface area (Å²) in [5.41, 5.74) is 12.9. The van der Waals surface area contributed by atoms with Crippen molar-refractivity contribution in [2.45, 2.75) is 44.7 Å². The fourth-order valence-electron chi connectivity index (χ4n) is 8.14. The van der Waals surface area contributed by atoms with Gasteiger partial charge >= 0.3 is 6.01 Å². The van der Waals surface area contributed by atoms with Crippen LogP contribution < -0.4 is 25.8 Å². The molecule has 0 saturated carbocycles. The third kappa shape index (κ3) is 5.80. The Balaban J connectivity index is 1.30. The minimum atomic E-state index is -0.809. The number of ether oxygens (including phenoxy) is 2. The minimum Gasteiger partial charge on any atom is -0.489 e. The molecule has 0 spiro atoms. The molecular formula is C37H36ClF2N9O3S. The number of nitrogens with zero attached hydrogens (tertiary/aromatic N) is 7. The summed E-state index contributed by atoms with van der Waals surface area (Å²) in [4.78, 5) is 23.5. The predicted octanol–water partition coefficient (Wildman–Crippen LogP) is 7.09. The van der Waals surface area contributed by atoms with Crippen LogP contribution in [-0.2, 0) is 4.84 Å². The molecule has 6 heterocycles. The van der Waals surface area contributed by atoms with Gasteiger partial charge in [0.05, 0.1) is 38.8 Å². The number of benzene rings is 2. The maximum atomic E-state index is 17.4. The number of nitrogens with two attached hydrogens (primary N) is 2. The van der Waals surface area contributed by atoms with Gasteiger partial charge in [0.15, 0.2) is 11.6 Å². The van der Waals surface area contributed by atoms with Crippen LogP contribution in [0.5, 0.6) is 11.8 Å². The second-order valence-corrected chi connectivity index (χ2v) is 15.0. The summed E-state index contributed by atoms with van der Waals surface area (Å²) in [7, 11) is 0. The molecule has 2 saturated heterocycles. The molecule has 0 aliphatic carbocycles. The van der Waals surface area contributed by atoms with Crippen molar-refractivity contribution < 1.29 is 23.1 Å². The molecule has 5 aromatic rings. The highest BCUT2D eigenvalue weighted by molar-refractivity contribution is 7.23. The first-order chi connectivity index (χ1) is 25.7. The van der Waals surface area contributed by atoms with Crippen molar-refractivity contribution in [3.8, 4) is 29.0 Å². The molecule has 3 atom stereocenters. The van der Waals surface area contributed by atoms with Crippen LogP contribution in [0.15, 0.2) is 35.6 Å². The number of nitrogen functional groups attached to an aromatic ring is 2. The van der Waals surface area contributed by atoms with E-state index < -0.39 is 11.6 Å². The topological polar surface area (TPSA) is 161 Å². The van der Waals surface area contributed by atoms with Crippen LogP contribution in [0.25, 0.3) is 32.1 Å². The molecule has 274 valence electrons. The van der Waals surface area contributed by atoms with Crippen LogP contribution in [0.2, 0.25) is 5.02 Å². The van der Waals surface area contributed by atoms with Gasteiger partial charge in [-0.25, -0.2) is 13.8 Å². The number of halogens is 3. The lowest BCUT2D eigenvalue weighted by Gasteiger charge is -2.32. The lowest BCUT2D eigenvalue weighted by Crippen LogP contribution is -2.43. The van der Waals surface area contributed by atoms with E-state index in [2.05, 4.69) is 21.1 Å². The molecule has 16 heteroatoms. The highest BCUT2D eigenvalue weighted by atomic mass is 35.5. The van der Waals surface area contributed by atoms with Gasteiger partial charge in [0, 0.05) is 41.4 Å². The first-order valence-corrected chi connectivity index (χ1v) is 18.6. The summed E-state index contributed by atoms with van der Waals surface area (Å²) in [5.74, 6) is -0.368. The fraction of sp³-hybridized carbons (Fsp3) is 0.378. The Labute approximate surface area is 312 Å². The molecule has 2 aromatic carbocycles.